The fourth-order valence-electron chi connectivity index (χ4n) is 5.49. The van der Waals surface area contributed by atoms with E-state index in [1.807, 2.05) is 35.1 Å². The van der Waals surface area contributed by atoms with Gasteiger partial charge in [0.05, 0.1) is 12.2 Å². The molecule has 2 aliphatic rings. The molecule has 0 saturated carbocycles. The molecular weight excluding hydrogens is 408 g/mol. The van der Waals surface area contributed by atoms with Crippen LogP contribution in [0, 0.1) is 0 Å². The highest BCUT2D eigenvalue weighted by Gasteiger charge is 2.29. The zero-order valence-corrected chi connectivity index (χ0v) is 19.3. The molecule has 1 fully saturated rings. The first-order valence-corrected chi connectivity index (χ1v) is 12.4. The van der Waals surface area contributed by atoms with E-state index in [4.69, 9.17) is 0 Å². The van der Waals surface area contributed by atoms with Crippen molar-refractivity contribution >= 4 is 11.7 Å². The van der Waals surface area contributed by atoms with E-state index in [-0.39, 0.29) is 5.91 Å². The highest BCUT2D eigenvalue weighted by molar-refractivity contribution is 5.89. The van der Waals surface area contributed by atoms with Crippen molar-refractivity contribution in [2.45, 2.75) is 63.5 Å². The van der Waals surface area contributed by atoms with Gasteiger partial charge in [-0.15, -0.1) is 0 Å². The molecule has 2 heterocycles. The van der Waals surface area contributed by atoms with Crippen molar-refractivity contribution in [1.29, 1.82) is 0 Å². The second kappa shape index (κ2) is 10.3. The number of nitrogens with zero attached hydrogens (tertiary/aromatic N) is 3. The quantitative estimate of drug-likeness (QED) is 0.558. The summed E-state index contributed by atoms with van der Waals surface area (Å²) in [5.74, 6) is 0.913. The van der Waals surface area contributed by atoms with E-state index in [1.54, 1.807) is 0 Å². The van der Waals surface area contributed by atoms with Crippen molar-refractivity contribution in [3.8, 4) is 0 Å². The van der Waals surface area contributed by atoms with Gasteiger partial charge in [0.2, 0.25) is 5.91 Å². The highest BCUT2D eigenvalue weighted by atomic mass is 16.1. The first-order valence-electron chi connectivity index (χ1n) is 12.4. The molecule has 5 rings (SSSR count). The Bertz CT molecular complexity index is 1050. The number of carbonyl (C=O) groups is 1. The van der Waals surface area contributed by atoms with Crippen LogP contribution in [0.25, 0.3) is 0 Å². The number of benzene rings is 2. The number of nitrogens with one attached hydrogen (secondary N) is 1. The lowest BCUT2D eigenvalue weighted by molar-refractivity contribution is -0.116. The van der Waals surface area contributed by atoms with Gasteiger partial charge in [-0.05, 0) is 61.6 Å². The number of aryl methyl sites for hydroxylation is 2. The Morgan fingerprint density at radius 3 is 2.48 bits per heavy atom. The van der Waals surface area contributed by atoms with Gasteiger partial charge in [-0.3, -0.25) is 9.69 Å². The Morgan fingerprint density at radius 2 is 1.67 bits per heavy atom. The number of amides is 1. The van der Waals surface area contributed by atoms with Crippen LogP contribution in [0.1, 0.15) is 54.8 Å². The first-order chi connectivity index (χ1) is 16.3. The maximum atomic E-state index is 12.5. The van der Waals surface area contributed by atoms with Crippen molar-refractivity contribution in [3.05, 3.63) is 83.6 Å². The third kappa shape index (κ3) is 5.36. The molecule has 5 nitrogen and oxygen atoms in total. The lowest BCUT2D eigenvalue weighted by atomic mass is 9.86. The topological polar surface area (TPSA) is 50.2 Å². The molecule has 2 aromatic carbocycles. The molecule has 3 aromatic rings. The number of likely N-dealkylation sites (tertiary alicyclic amines) is 1. The number of piperidine rings is 1. The van der Waals surface area contributed by atoms with E-state index in [0.717, 1.165) is 44.6 Å². The summed E-state index contributed by atoms with van der Waals surface area (Å²) in [4.78, 5) is 15.2. The van der Waals surface area contributed by atoms with Gasteiger partial charge < -0.3 is 5.32 Å². The second-order valence-corrected chi connectivity index (χ2v) is 9.48. The Labute approximate surface area is 196 Å². The van der Waals surface area contributed by atoms with E-state index in [2.05, 4.69) is 51.7 Å². The van der Waals surface area contributed by atoms with Gasteiger partial charge in [0.1, 0.15) is 5.82 Å². The molecular formula is C28H34N4O. The number of anilines is 1. The van der Waals surface area contributed by atoms with Gasteiger partial charge in [0, 0.05) is 31.6 Å². The second-order valence-electron chi connectivity index (χ2n) is 9.48. The van der Waals surface area contributed by atoms with Crippen molar-refractivity contribution in [1.82, 2.24) is 14.7 Å². The van der Waals surface area contributed by atoms with E-state index in [0.29, 0.717) is 18.5 Å². The van der Waals surface area contributed by atoms with E-state index < -0.39 is 0 Å². The average Bonchev–Trinajstić information content (AvgIpc) is 3.32. The van der Waals surface area contributed by atoms with Gasteiger partial charge in [0.15, 0.2) is 0 Å². The zero-order chi connectivity index (χ0) is 22.5. The summed E-state index contributed by atoms with van der Waals surface area (Å²) < 4.78 is 2.04. The molecule has 1 amide bonds. The largest absolute Gasteiger partial charge is 0.311 e. The van der Waals surface area contributed by atoms with Crippen LogP contribution >= 0.6 is 0 Å². The highest BCUT2D eigenvalue weighted by Crippen LogP contribution is 2.30. The van der Waals surface area contributed by atoms with E-state index in [9.17, 15) is 4.79 Å². The fourth-order valence-corrected chi connectivity index (χ4v) is 5.49. The normalized spacial score (nSPS) is 19.2. The van der Waals surface area contributed by atoms with Crippen LogP contribution in [0.15, 0.2) is 66.9 Å². The molecule has 1 aliphatic heterocycles. The van der Waals surface area contributed by atoms with Crippen LogP contribution in [0.5, 0.6) is 0 Å². The lowest BCUT2D eigenvalue weighted by Crippen LogP contribution is -2.44. The first kappa shape index (κ1) is 21.9. The van der Waals surface area contributed by atoms with Crippen molar-refractivity contribution in [2.24, 2.45) is 0 Å². The van der Waals surface area contributed by atoms with Gasteiger partial charge in [0.25, 0.3) is 0 Å². The molecule has 1 unspecified atom stereocenters. The van der Waals surface area contributed by atoms with E-state index in [1.165, 1.54) is 36.0 Å². The van der Waals surface area contributed by atoms with Gasteiger partial charge in [-0.25, -0.2) is 4.68 Å². The molecule has 1 aromatic heterocycles. The standard InChI is InChI=1S/C28H34N4O/c33-28(12-6-9-22-7-2-1-3-8-22)30-27-15-18-29-32(27)25-16-19-31(20-17-25)26-14-13-23-10-4-5-11-24(23)21-26/h1-5,7-8,10-11,15,18,25-26H,6,9,12-14,16-17,19-21H2,(H,30,33). The molecule has 0 spiro atoms. The number of hydrogen-bond donors (Lipinski definition) is 1. The predicted octanol–water partition coefficient (Wildman–Crippen LogP) is 5.04. The minimum Gasteiger partial charge on any atom is -0.311 e. The number of carbonyl (C=O) groups excluding carboxylic acids is 1. The number of aromatic nitrogens is 2. The summed E-state index contributed by atoms with van der Waals surface area (Å²) >= 11 is 0. The van der Waals surface area contributed by atoms with Crippen LogP contribution in [0.3, 0.4) is 0 Å². The summed E-state index contributed by atoms with van der Waals surface area (Å²) in [6, 6.07) is 22.2. The summed E-state index contributed by atoms with van der Waals surface area (Å²) in [6.45, 7) is 2.20. The van der Waals surface area contributed by atoms with Crippen LogP contribution in [0.2, 0.25) is 0 Å². The third-order valence-corrected chi connectivity index (χ3v) is 7.33. The van der Waals surface area contributed by atoms with Crippen molar-refractivity contribution in [3.63, 3.8) is 0 Å². The van der Waals surface area contributed by atoms with Gasteiger partial charge in [-0.2, -0.15) is 5.10 Å². The maximum Gasteiger partial charge on any atom is 0.225 e. The van der Waals surface area contributed by atoms with Crippen molar-refractivity contribution < 1.29 is 4.79 Å². The van der Waals surface area contributed by atoms with Crippen molar-refractivity contribution in [2.75, 3.05) is 18.4 Å². The fraction of sp³-hybridized carbons (Fsp3) is 0.429. The summed E-state index contributed by atoms with van der Waals surface area (Å²) in [5.41, 5.74) is 4.34. The zero-order valence-electron chi connectivity index (χ0n) is 19.3. The SMILES string of the molecule is O=C(CCCc1ccccc1)Nc1ccnn1C1CCN(C2CCc3ccccc3C2)CC1. The Hall–Kier alpha value is -2.92. The van der Waals surface area contributed by atoms with E-state index >= 15 is 0 Å². The summed E-state index contributed by atoms with van der Waals surface area (Å²) in [5, 5.41) is 7.68. The van der Waals surface area contributed by atoms with Gasteiger partial charge in [-0.1, -0.05) is 54.6 Å². The minimum absolute atomic E-state index is 0.0750. The molecule has 1 aliphatic carbocycles. The summed E-state index contributed by atoms with van der Waals surface area (Å²) in [6.07, 6.45) is 9.91. The average molecular weight is 443 g/mol. The monoisotopic (exact) mass is 442 g/mol. The predicted molar refractivity (Wildman–Crippen MR) is 132 cm³/mol. The maximum absolute atomic E-state index is 12.5. The number of rotatable bonds is 7. The molecule has 0 bridgehead atoms. The van der Waals surface area contributed by atoms with Crippen LogP contribution in [-0.2, 0) is 24.1 Å². The molecule has 1 N–H and O–H groups in total. The lowest BCUT2D eigenvalue weighted by Gasteiger charge is -2.40. The number of fused-ring (bicyclic) bond motifs is 1. The number of hydrogen-bond acceptors (Lipinski definition) is 3. The molecule has 172 valence electrons. The van der Waals surface area contributed by atoms with Crippen LogP contribution in [0.4, 0.5) is 5.82 Å². The summed E-state index contributed by atoms with van der Waals surface area (Å²) in [7, 11) is 0. The molecule has 1 saturated heterocycles. The smallest absolute Gasteiger partial charge is 0.225 e. The Balaban J connectivity index is 1.11. The third-order valence-electron chi connectivity index (χ3n) is 7.33. The molecule has 5 heteroatoms. The Kier molecular flexibility index (Phi) is 6.87. The Morgan fingerprint density at radius 1 is 0.909 bits per heavy atom. The van der Waals surface area contributed by atoms with Crippen LogP contribution in [-0.4, -0.2) is 39.7 Å². The molecule has 0 radical (unpaired) electrons. The molecule has 33 heavy (non-hydrogen) atoms. The minimum atomic E-state index is 0.0750. The van der Waals surface area contributed by atoms with Gasteiger partial charge >= 0.3 is 0 Å². The molecule has 1 atom stereocenters. The van der Waals surface area contributed by atoms with Crippen LogP contribution < -0.4 is 5.32 Å².